The van der Waals surface area contributed by atoms with Gasteiger partial charge in [0.05, 0.1) is 47.3 Å². The summed E-state index contributed by atoms with van der Waals surface area (Å²) in [6.07, 6.45) is 5.76. The van der Waals surface area contributed by atoms with E-state index in [4.69, 9.17) is 28.4 Å². The summed E-state index contributed by atoms with van der Waals surface area (Å²) in [5, 5.41) is 10.5. The van der Waals surface area contributed by atoms with Gasteiger partial charge in [-0.2, -0.15) is 0 Å². The first-order valence-corrected chi connectivity index (χ1v) is 11.5. The first-order chi connectivity index (χ1) is 16.1. The molecule has 1 aliphatic rings. The number of unbranched alkanes of at least 4 members (excludes halogenated alkanes) is 3. The summed E-state index contributed by atoms with van der Waals surface area (Å²) in [7, 11) is 6.32. The molecule has 0 aliphatic carbocycles. The normalized spacial score (nSPS) is 17.6. The van der Waals surface area contributed by atoms with Crippen LogP contribution < -0.4 is 23.7 Å². The maximum Gasteiger partial charge on any atom is 0.203 e. The van der Waals surface area contributed by atoms with Crippen molar-refractivity contribution in [3.8, 4) is 34.5 Å². The van der Waals surface area contributed by atoms with E-state index in [1.54, 1.807) is 27.4 Å². The fourth-order valence-corrected chi connectivity index (χ4v) is 4.23. The van der Waals surface area contributed by atoms with Crippen LogP contribution in [0.2, 0.25) is 0 Å². The van der Waals surface area contributed by atoms with E-state index in [0.29, 0.717) is 35.4 Å². The monoisotopic (exact) mass is 460 g/mol. The summed E-state index contributed by atoms with van der Waals surface area (Å²) in [6, 6.07) is 7.46. The van der Waals surface area contributed by atoms with Gasteiger partial charge in [0.2, 0.25) is 11.5 Å². The molecule has 1 N–H and O–H groups in total. The zero-order valence-electron chi connectivity index (χ0n) is 20.3. The van der Waals surface area contributed by atoms with Crippen LogP contribution in [-0.2, 0) is 4.74 Å². The lowest BCUT2D eigenvalue weighted by Gasteiger charge is -2.19. The van der Waals surface area contributed by atoms with Crippen molar-refractivity contribution in [1.82, 2.24) is 0 Å². The number of benzene rings is 2. The highest BCUT2D eigenvalue weighted by molar-refractivity contribution is 5.55. The number of phenolic OH excluding ortho intramolecular Hbond substituents is 1. The Morgan fingerprint density at radius 2 is 1.33 bits per heavy atom. The molecule has 1 heterocycles. The topological polar surface area (TPSA) is 75.6 Å². The maximum absolute atomic E-state index is 10.5. The lowest BCUT2D eigenvalue weighted by Crippen LogP contribution is -2.04. The number of methoxy groups -OCH3 is 4. The van der Waals surface area contributed by atoms with Gasteiger partial charge in [0.1, 0.15) is 0 Å². The Hall–Kier alpha value is -2.80. The number of hydrogen-bond donors (Lipinski definition) is 1. The Labute approximate surface area is 196 Å². The minimum atomic E-state index is -0.173. The summed E-state index contributed by atoms with van der Waals surface area (Å²) < 4.78 is 34.1. The van der Waals surface area contributed by atoms with Crippen LogP contribution >= 0.6 is 0 Å². The lowest BCUT2D eigenvalue weighted by molar-refractivity contribution is 0.0435. The highest BCUT2D eigenvalue weighted by Gasteiger charge is 2.31. The molecule has 0 unspecified atom stereocenters. The van der Waals surface area contributed by atoms with Gasteiger partial charge in [-0.25, -0.2) is 0 Å². The molecular formula is C26H36O7. The molecule has 0 radical (unpaired) electrons. The molecule has 3 rings (SSSR count). The summed E-state index contributed by atoms with van der Waals surface area (Å²) in [5.41, 5.74) is 1.82. The third kappa shape index (κ3) is 5.77. The van der Waals surface area contributed by atoms with Crippen molar-refractivity contribution in [2.24, 2.45) is 0 Å². The van der Waals surface area contributed by atoms with Crippen molar-refractivity contribution in [3.63, 3.8) is 0 Å². The molecule has 33 heavy (non-hydrogen) atoms. The van der Waals surface area contributed by atoms with Crippen LogP contribution in [0, 0.1) is 0 Å². The molecular weight excluding hydrogens is 424 g/mol. The van der Waals surface area contributed by atoms with Gasteiger partial charge in [-0.05, 0) is 54.7 Å². The standard InChI is InChI=1S/C26H36O7/c1-6-7-8-9-12-32-24-16-17(13-19(27)25(24)30-4)20-10-11-21(33-20)18-14-22(28-2)26(31-5)23(15-18)29-3/h13-16,20-21,27H,6-12H2,1-5H3/t20-,21-/m1/s1. The van der Waals surface area contributed by atoms with Crippen LogP contribution in [0.25, 0.3) is 0 Å². The number of rotatable bonds is 12. The second kappa shape index (κ2) is 11.9. The highest BCUT2D eigenvalue weighted by Crippen LogP contribution is 2.48. The van der Waals surface area contributed by atoms with Gasteiger partial charge < -0.3 is 33.5 Å². The van der Waals surface area contributed by atoms with Crippen molar-refractivity contribution in [1.29, 1.82) is 0 Å². The molecule has 2 aromatic carbocycles. The number of aromatic hydroxyl groups is 1. The van der Waals surface area contributed by atoms with Crippen molar-refractivity contribution in [3.05, 3.63) is 35.4 Å². The molecule has 0 spiro atoms. The molecule has 1 fully saturated rings. The van der Waals surface area contributed by atoms with Crippen LogP contribution in [0.4, 0.5) is 0 Å². The van der Waals surface area contributed by atoms with Gasteiger partial charge in [-0.3, -0.25) is 0 Å². The fraction of sp³-hybridized carbons (Fsp3) is 0.538. The largest absolute Gasteiger partial charge is 0.504 e. The zero-order valence-corrected chi connectivity index (χ0v) is 20.3. The summed E-state index contributed by atoms with van der Waals surface area (Å²) in [6.45, 7) is 2.76. The maximum atomic E-state index is 10.5. The van der Waals surface area contributed by atoms with Crippen LogP contribution in [0.3, 0.4) is 0 Å². The van der Waals surface area contributed by atoms with E-state index >= 15 is 0 Å². The lowest BCUT2D eigenvalue weighted by atomic mass is 10.0. The van der Waals surface area contributed by atoms with Crippen molar-refractivity contribution in [2.45, 2.75) is 57.7 Å². The number of phenols is 1. The number of hydrogen-bond acceptors (Lipinski definition) is 7. The molecule has 0 aromatic heterocycles. The van der Waals surface area contributed by atoms with Crippen LogP contribution in [0.15, 0.2) is 24.3 Å². The summed E-state index contributed by atoms with van der Waals surface area (Å²) >= 11 is 0. The van der Waals surface area contributed by atoms with Gasteiger partial charge in [0, 0.05) is 0 Å². The molecule has 2 aromatic rings. The Bertz CT molecular complexity index is 887. The van der Waals surface area contributed by atoms with Crippen LogP contribution in [0.1, 0.15) is 68.8 Å². The first kappa shape index (κ1) is 24.8. The van der Waals surface area contributed by atoms with Gasteiger partial charge in [-0.15, -0.1) is 0 Å². The molecule has 2 atom stereocenters. The van der Waals surface area contributed by atoms with E-state index < -0.39 is 0 Å². The molecule has 0 saturated carbocycles. The van der Waals surface area contributed by atoms with Gasteiger partial charge >= 0.3 is 0 Å². The predicted molar refractivity (Wildman–Crippen MR) is 126 cm³/mol. The molecule has 7 nitrogen and oxygen atoms in total. The van der Waals surface area contributed by atoms with Crippen molar-refractivity contribution in [2.75, 3.05) is 35.0 Å². The van der Waals surface area contributed by atoms with E-state index in [2.05, 4.69) is 6.92 Å². The quantitative estimate of drug-likeness (QED) is 0.391. The third-order valence-electron chi connectivity index (χ3n) is 5.97. The smallest absolute Gasteiger partial charge is 0.203 e. The van der Waals surface area contributed by atoms with E-state index in [1.165, 1.54) is 20.0 Å². The number of ether oxygens (including phenoxy) is 6. The van der Waals surface area contributed by atoms with E-state index in [9.17, 15) is 5.11 Å². The molecule has 0 bridgehead atoms. The highest BCUT2D eigenvalue weighted by atomic mass is 16.5. The van der Waals surface area contributed by atoms with Gasteiger partial charge in [0.15, 0.2) is 23.0 Å². The summed E-state index contributed by atoms with van der Waals surface area (Å²) in [5.74, 6) is 2.70. The average Bonchev–Trinajstić information content (AvgIpc) is 3.33. The van der Waals surface area contributed by atoms with Crippen LogP contribution in [-0.4, -0.2) is 40.2 Å². The Kier molecular flexibility index (Phi) is 8.95. The van der Waals surface area contributed by atoms with E-state index in [1.807, 2.05) is 18.2 Å². The SMILES string of the molecule is CCCCCCOc1cc([C@H]2CC[C@H](c3cc(OC)c(OC)c(OC)c3)O2)cc(O)c1OC. The molecule has 182 valence electrons. The molecule has 1 aliphatic heterocycles. The Morgan fingerprint density at radius 1 is 0.758 bits per heavy atom. The van der Waals surface area contributed by atoms with E-state index in [-0.39, 0.29) is 18.0 Å². The molecule has 7 heteroatoms. The van der Waals surface area contributed by atoms with Crippen molar-refractivity contribution >= 4 is 0 Å². The second-order valence-electron chi connectivity index (χ2n) is 8.13. The fourth-order valence-electron chi connectivity index (χ4n) is 4.23. The third-order valence-corrected chi connectivity index (χ3v) is 5.97. The van der Waals surface area contributed by atoms with Gasteiger partial charge in [0.25, 0.3) is 0 Å². The minimum absolute atomic E-state index is 0.0541. The Morgan fingerprint density at radius 3 is 1.88 bits per heavy atom. The Balaban J connectivity index is 1.78. The van der Waals surface area contributed by atoms with Crippen LogP contribution in [0.5, 0.6) is 34.5 Å². The predicted octanol–water partition coefficient (Wildman–Crippen LogP) is 5.98. The minimum Gasteiger partial charge on any atom is -0.504 e. The average molecular weight is 461 g/mol. The van der Waals surface area contributed by atoms with E-state index in [0.717, 1.165) is 36.8 Å². The van der Waals surface area contributed by atoms with Gasteiger partial charge in [-0.1, -0.05) is 26.2 Å². The van der Waals surface area contributed by atoms with Crippen molar-refractivity contribution < 1.29 is 33.5 Å². The molecule has 0 amide bonds. The zero-order chi connectivity index (χ0) is 23.8. The summed E-state index contributed by atoms with van der Waals surface area (Å²) in [4.78, 5) is 0. The first-order valence-electron chi connectivity index (χ1n) is 11.5. The molecule has 1 saturated heterocycles. The second-order valence-corrected chi connectivity index (χ2v) is 8.13.